The molecule has 0 aliphatic carbocycles. The highest BCUT2D eigenvalue weighted by molar-refractivity contribution is 7.92. The first kappa shape index (κ1) is 22.1. The predicted molar refractivity (Wildman–Crippen MR) is 119 cm³/mol. The number of thiocarbonyl (C=S) groups is 1. The Morgan fingerprint density at radius 1 is 1.07 bits per heavy atom. The van der Waals surface area contributed by atoms with E-state index in [9.17, 15) is 8.42 Å². The first-order chi connectivity index (χ1) is 13.2. The number of aryl methyl sites for hydroxylation is 3. The third kappa shape index (κ3) is 6.19. The lowest BCUT2D eigenvalue weighted by Crippen LogP contribution is -2.29. The largest absolute Gasteiger partial charge is 0.385 e. The second kappa shape index (κ2) is 9.86. The van der Waals surface area contributed by atoms with Crippen molar-refractivity contribution in [3.8, 4) is 0 Å². The summed E-state index contributed by atoms with van der Waals surface area (Å²) in [6.45, 7) is 7.14. The van der Waals surface area contributed by atoms with Crippen molar-refractivity contribution >= 4 is 38.7 Å². The number of ether oxygens (including phenoxy) is 1. The van der Waals surface area contributed by atoms with Crippen LogP contribution in [0.2, 0.25) is 0 Å². The minimum atomic E-state index is -3.68. The monoisotopic (exact) mass is 421 g/mol. The zero-order valence-corrected chi connectivity index (χ0v) is 18.3. The number of methoxy groups -OCH3 is 1. The topological polar surface area (TPSA) is 79.5 Å². The molecule has 0 aromatic heterocycles. The maximum atomic E-state index is 12.7. The Kier molecular flexibility index (Phi) is 7.79. The molecule has 0 saturated heterocycles. The van der Waals surface area contributed by atoms with Gasteiger partial charge in [-0.3, -0.25) is 4.72 Å². The third-order valence-corrected chi connectivity index (χ3v) is 5.76. The van der Waals surface area contributed by atoms with Crippen LogP contribution in [-0.2, 0) is 14.8 Å². The molecule has 0 aliphatic rings. The minimum Gasteiger partial charge on any atom is -0.385 e. The summed E-state index contributed by atoms with van der Waals surface area (Å²) in [6, 6.07) is 10.4. The van der Waals surface area contributed by atoms with Crippen LogP contribution >= 0.6 is 12.2 Å². The number of sulfonamides is 1. The molecule has 152 valence electrons. The first-order valence-corrected chi connectivity index (χ1v) is 10.9. The lowest BCUT2D eigenvalue weighted by atomic mass is 10.1. The molecule has 2 rings (SSSR count). The second-order valence-corrected chi connectivity index (χ2v) is 8.72. The van der Waals surface area contributed by atoms with Crippen molar-refractivity contribution < 1.29 is 13.2 Å². The molecule has 0 unspecified atom stereocenters. The van der Waals surface area contributed by atoms with Gasteiger partial charge < -0.3 is 15.4 Å². The van der Waals surface area contributed by atoms with Crippen molar-refractivity contribution in [2.24, 2.45) is 0 Å². The summed E-state index contributed by atoms with van der Waals surface area (Å²) in [4.78, 5) is 0.191. The van der Waals surface area contributed by atoms with E-state index in [1.807, 2.05) is 32.9 Å². The van der Waals surface area contributed by atoms with Crippen molar-refractivity contribution in [2.45, 2.75) is 32.1 Å². The molecule has 2 aromatic carbocycles. The van der Waals surface area contributed by atoms with E-state index in [4.69, 9.17) is 17.0 Å². The molecule has 0 heterocycles. The zero-order chi connectivity index (χ0) is 20.7. The molecule has 6 nitrogen and oxygen atoms in total. The van der Waals surface area contributed by atoms with Crippen molar-refractivity contribution in [3.63, 3.8) is 0 Å². The Morgan fingerprint density at radius 2 is 1.68 bits per heavy atom. The molecule has 2 aromatic rings. The van der Waals surface area contributed by atoms with Crippen LogP contribution in [0, 0.1) is 20.8 Å². The molecular weight excluding hydrogens is 394 g/mol. The Hall–Kier alpha value is -2.16. The predicted octanol–water partition coefficient (Wildman–Crippen LogP) is 3.74. The van der Waals surface area contributed by atoms with E-state index in [2.05, 4.69) is 15.4 Å². The van der Waals surface area contributed by atoms with Gasteiger partial charge in [0.2, 0.25) is 0 Å². The number of hydrogen-bond donors (Lipinski definition) is 3. The quantitative estimate of drug-likeness (QED) is 0.445. The maximum absolute atomic E-state index is 12.7. The summed E-state index contributed by atoms with van der Waals surface area (Å²) >= 11 is 5.22. The summed E-state index contributed by atoms with van der Waals surface area (Å²) in [7, 11) is -2.02. The van der Waals surface area contributed by atoms with Crippen LogP contribution in [0.15, 0.2) is 41.3 Å². The van der Waals surface area contributed by atoms with Gasteiger partial charge in [0.15, 0.2) is 5.11 Å². The van der Waals surface area contributed by atoms with Gasteiger partial charge >= 0.3 is 0 Å². The van der Waals surface area contributed by atoms with E-state index < -0.39 is 10.0 Å². The summed E-state index contributed by atoms with van der Waals surface area (Å²) in [5.41, 5.74) is 4.22. The van der Waals surface area contributed by atoms with Crippen LogP contribution in [0.1, 0.15) is 23.1 Å². The molecule has 0 aliphatic heterocycles. The Balaban J connectivity index is 2.05. The normalized spacial score (nSPS) is 11.1. The van der Waals surface area contributed by atoms with E-state index >= 15 is 0 Å². The van der Waals surface area contributed by atoms with E-state index in [-0.39, 0.29) is 4.90 Å². The molecule has 0 bridgehead atoms. The van der Waals surface area contributed by atoms with E-state index in [1.54, 1.807) is 31.4 Å². The number of anilines is 2. The Bertz CT molecular complexity index is 903. The molecule has 0 amide bonds. The van der Waals surface area contributed by atoms with Gasteiger partial charge in [-0.05, 0) is 74.8 Å². The summed E-state index contributed by atoms with van der Waals surface area (Å²) in [6.07, 6.45) is 0.846. The highest BCUT2D eigenvalue weighted by Gasteiger charge is 2.17. The summed E-state index contributed by atoms with van der Waals surface area (Å²) in [5, 5.41) is 6.59. The molecular formula is C20H27N3O3S2. The van der Waals surface area contributed by atoms with E-state index in [1.165, 1.54) is 0 Å². The lowest BCUT2D eigenvalue weighted by molar-refractivity contribution is 0.196. The fraction of sp³-hybridized carbons (Fsp3) is 0.350. The van der Waals surface area contributed by atoms with Gasteiger partial charge in [-0.15, -0.1) is 0 Å². The van der Waals surface area contributed by atoms with Gasteiger partial charge in [-0.25, -0.2) is 8.42 Å². The van der Waals surface area contributed by atoms with Crippen LogP contribution in [-0.4, -0.2) is 33.8 Å². The standard InChI is InChI=1S/C20H27N3O3S2/c1-14-12-15(2)19(16(3)13-14)23-28(24,25)18-8-6-17(7-9-18)22-20(27)21-10-5-11-26-4/h6-9,12-13,23H,5,10-11H2,1-4H3,(H2,21,22,27). The van der Waals surface area contributed by atoms with Gasteiger partial charge in [0, 0.05) is 25.9 Å². The maximum Gasteiger partial charge on any atom is 0.261 e. The molecule has 0 spiro atoms. The second-order valence-electron chi connectivity index (χ2n) is 6.63. The van der Waals surface area contributed by atoms with Crippen molar-refractivity contribution in [2.75, 3.05) is 30.3 Å². The number of benzene rings is 2. The molecule has 0 fully saturated rings. The zero-order valence-electron chi connectivity index (χ0n) is 16.6. The van der Waals surface area contributed by atoms with Gasteiger partial charge in [-0.1, -0.05) is 17.7 Å². The molecule has 0 atom stereocenters. The van der Waals surface area contributed by atoms with Gasteiger partial charge in [0.05, 0.1) is 10.6 Å². The van der Waals surface area contributed by atoms with Crippen molar-refractivity contribution in [1.29, 1.82) is 0 Å². The average molecular weight is 422 g/mol. The first-order valence-electron chi connectivity index (χ1n) is 8.97. The average Bonchev–Trinajstić information content (AvgIpc) is 2.62. The lowest BCUT2D eigenvalue weighted by Gasteiger charge is -2.15. The van der Waals surface area contributed by atoms with Gasteiger partial charge in [0.25, 0.3) is 10.0 Å². The Labute approximate surface area is 172 Å². The van der Waals surface area contributed by atoms with Crippen LogP contribution in [0.5, 0.6) is 0 Å². The van der Waals surface area contributed by atoms with Crippen molar-refractivity contribution in [1.82, 2.24) is 5.32 Å². The molecule has 0 radical (unpaired) electrons. The SMILES string of the molecule is COCCCNC(=S)Nc1ccc(S(=O)(=O)Nc2c(C)cc(C)cc2C)cc1. The minimum absolute atomic E-state index is 0.191. The van der Waals surface area contributed by atoms with Gasteiger partial charge in [-0.2, -0.15) is 0 Å². The van der Waals surface area contributed by atoms with Crippen LogP contribution in [0.3, 0.4) is 0 Å². The molecule has 3 N–H and O–H groups in total. The fourth-order valence-electron chi connectivity index (χ4n) is 2.85. The van der Waals surface area contributed by atoms with Crippen LogP contribution < -0.4 is 15.4 Å². The Morgan fingerprint density at radius 3 is 2.25 bits per heavy atom. The smallest absolute Gasteiger partial charge is 0.261 e. The van der Waals surface area contributed by atoms with Gasteiger partial charge in [0.1, 0.15) is 0 Å². The fourth-order valence-corrected chi connectivity index (χ4v) is 4.27. The number of hydrogen-bond acceptors (Lipinski definition) is 4. The van der Waals surface area contributed by atoms with E-state index in [0.717, 1.165) is 23.1 Å². The van der Waals surface area contributed by atoms with Crippen LogP contribution in [0.25, 0.3) is 0 Å². The highest BCUT2D eigenvalue weighted by atomic mass is 32.2. The van der Waals surface area contributed by atoms with E-state index in [0.29, 0.717) is 29.6 Å². The summed E-state index contributed by atoms with van der Waals surface area (Å²) in [5.74, 6) is 0. The number of rotatable bonds is 8. The third-order valence-electron chi connectivity index (χ3n) is 4.15. The summed E-state index contributed by atoms with van der Waals surface area (Å²) < 4.78 is 33.2. The molecule has 8 heteroatoms. The molecule has 0 saturated carbocycles. The molecule has 28 heavy (non-hydrogen) atoms. The van der Waals surface area contributed by atoms with Crippen LogP contribution in [0.4, 0.5) is 11.4 Å². The number of nitrogens with one attached hydrogen (secondary N) is 3. The van der Waals surface area contributed by atoms with Crippen molar-refractivity contribution in [3.05, 3.63) is 53.1 Å². The highest BCUT2D eigenvalue weighted by Crippen LogP contribution is 2.25.